The Labute approximate surface area is 206 Å². The van der Waals surface area contributed by atoms with Crippen molar-refractivity contribution in [3.63, 3.8) is 0 Å². The molecule has 1 heterocycles. The molecular formula is C26H28BrF3N2O2. The topological polar surface area (TPSA) is 53.3 Å². The van der Waals surface area contributed by atoms with Crippen LogP contribution >= 0.6 is 15.9 Å². The molecule has 1 saturated heterocycles. The van der Waals surface area contributed by atoms with Crippen LogP contribution in [0.25, 0.3) is 0 Å². The van der Waals surface area contributed by atoms with Gasteiger partial charge in [-0.25, -0.2) is 4.79 Å². The zero-order chi connectivity index (χ0) is 25.1. The molecule has 0 radical (unpaired) electrons. The van der Waals surface area contributed by atoms with Crippen LogP contribution in [-0.4, -0.2) is 29.7 Å². The quantitative estimate of drug-likeness (QED) is 0.411. The molecule has 0 aliphatic carbocycles. The Morgan fingerprint density at radius 2 is 1.62 bits per heavy atom. The SMILES string of the molecule is CC(C)(C)OC(=O)N1CCC(CC(C#N)(c2ccc(C(F)(F)F)cc2)c2ccccc2Br)CC1. The second kappa shape index (κ2) is 9.99. The fraction of sp³-hybridized carbons (Fsp3) is 0.462. The van der Waals surface area contributed by atoms with Crippen LogP contribution in [0.2, 0.25) is 0 Å². The molecule has 0 aromatic heterocycles. The van der Waals surface area contributed by atoms with Crippen LogP contribution in [0.15, 0.2) is 53.0 Å². The van der Waals surface area contributed by atoms with Crippen molar-refractivity contribution in [3.8, 4) is 6.07 Å². The third-order valence-electron chi connectivity index (χ3n) is 6.09. The van der Waals surface area contributed by atoms with Crippen LogP contribution < -0.4 is 0 Å². The van der Waals surface area contributed by atoms with Crippen molar-refractivity contribution < 1.29 is 22.7 Å². The minimum absolute atomic E-state index is 0.104. The number of nitriles is 1. The minimum atomic E-state index is -4.45. The van der Waals surface area contributed by atoms with E-state index in [9.17, 15) is 23.2 Å². The number of hydrogen-bond donors (Lipinski definition) is 0. The fourth-order valence-electron chi connectivity index (χ4n) is 4.38. The molecule has 0 bridgehead atoms. The molecule has 1 aliphatic rings. The third-order valence-corrected chi connectivity index (χ3v) is 6.78. The van der Waals surface area contributed by atoms with Gasteiger partial charge in [-0.15, -0.1) is 0 Å². The van der Waals surface area contributed by atoms with E-state index >= 15 is 0 Å². The van der Waals surface area contributed by atoms with Crippen LogP contribution in [0, 0.1) is 17.2 Å². The van der Waals surface area contributed by atoms with Crippen LogP contribution in [0.4, 0.5) is 18.0 Å². The van der Waals surface area contributed by atoms with Crippen LogP contribution in [0.5, 0.6) is 0 Å². The second-order valence-electron chi connectivity index (χ2n) is 9.69. The van der Waals surface area contributed by atoms with Gasteiger partial charge in [0.15, 0.2) is 0 Å². The van der Waals surface area contributed by atoms with Gasteiger partial charge in [-0.3, -0.25) is 0 Å². The van der Waals surface area contributed by atoms with Crippen molar-refractivity contribution in [2.45, 2.75) is 57.2 Å². The molecule has 0 saturated carbocycles. The van der Waals surface area contributed by atoms with E-state index in [0.717, 1.165) is 16.6 Å². The zero-order valence-electron chi connectivity index (χ0n) is 19.5. The maximum atomic E-state index is 13.1. The average Bonchev–Trinajstić information content (AvgIpc) is 2.77. The molecule has 1 unspecified atom stereocenters. The van der Waals surface area contributed by atoms with Gasteiger partial charge in [0, 0.05) is 17.6 Å². The molecule has 1 amide bonds. The number of hydrogen-bond acceptors (Lipinski definition) is 3. The zero-order valence-corrected chi connectivity index (χ0v) is 21.0. The lowest BCUT2D eigenvalue weighted by atomic mass is 9.68. The van der Waals surface area contributed by atoms with Crippen molar-refractivity contribution in [1.29, 1.82) is 5.26 Å². The first-order chi connectivity index (χ1) is 15.9. The number of ether oxygens (including phenoxy) is 1. The Hall–Kier alpha value is -2.53. The highest BCUT2D eigenvalue weighted by atomic mass is 79.9. The van der Waals surface area contributed by atoms with E-state index in [1.807, 2.05) is 45.0 Å². The van der Waals surface area contributed by atoms with Crippen LogP contribution in [0.3, 0.4) is 0 Å². The largest absolute Gasteiger partial charge is 0.444 e. The van der Waals surface area contributed by atoms with Gasteiger partial charge in [-0.1, -0.05) is 46.3 Å². The Kier molecular flexibility index (Phi) is 7.66. The number of rotatable bonds is 4. The number of carbonyl (C=O) groups is 1. The first-order valence-electron chi connectivity index (χ1n) is 11.2. The Balaban J connectivity index is 1.89. The molecule has 0 N–H and O–H groups in total. The van der Waals surface area contributed by atoms with E-state index in [1.54, 1.807) is 4.90 Å². The summed E-state index contributed by atoms with van der Waals surface area (Å²) in [5, 5.41) is 10.5. The highest BCUT2D eigenvalue weighted by molar-refractivity contribution is 9.10. The molecule has 0 spiro atoms. The number of amides is 1. The maximum Gasteiger partial charge on any atom is 0.416 e. The van der Waals surface area contributed by atoms with Crippen molar-refractivity contribution in [3.05, 3.63) is 69.7 Å². The molecule has 182 valence electrons. The molecule has 1 fully saturated rings. The number of alkyl halides is 3. The van der Waals surface area contributed by atoms with Crippen molar-refractivity contribution in [2.24, 2.45) is 5.92 Å². The Morgan fingerprint density at radius 1 is 1.06 bits per heavy atom. The van der Waals surface area contributed by atoms with Gasteiger partial charge in [0.1, 0.15) is 11.0 Å². The van der Waals surface area contributed by atoms with Crippen molar-refractivity contribution in [2.75, 3.05) is 13.1 Å². The van der Waals surface area contributed by atoms with Gasteiger partial charge < -0.3 is 9.64 Å². The lowest BCUT2D eigenvalue weighted by Gasteiger charge is -2.37. The highest BCUT2D eigenvalue weighted by Gasteiger charge is 2.40. The Bertz CT molecular complexity index is 1050. The second-order valence-corrected chi connectivity index (χ2v) is 10.5. The summed E-state index contributed by atoms with van der Waals surface area (Å²) in [6.07, 6.45) is -3.03. The standard InChI is InChI=1S/C26H28BrF3N2O2/c1-24(2,3)34-23(33)32-14-12-18(13-15-32)16-25(17-31,21-6-4-5-7-22(21)27)19-8-10-20(11-9-19)26(28,29)30/h4-11,18H,12-16H2,1-3H3. The van der Waals surface area contributed by atoms with Gasteiger partial charge in [0.25, 0.3) is 0 Å². The smallest absolute Gasteiger partial charge is 0.416 e. The number of halogens is 4. The van der Waals surface area contributed by atoms with Gasteiger partial charge in [-0.05, 0) is 75.3 Å². The predicted molar refractivity (Wildman–Crippen MR) is 127 cm³/mol. The molecule has 3 rings (SSSR count). The van der Waals surface area contributed by atoms with E-state index in [2.05, 4.69) is 22.0 Å². The number of likely N-dealkylation sites (tertiary alicyclic amines) is 1. The number of carbonyl (C=O) groups excluding carboxylic acids is 1. The monoisotopic (exact) mass is 536 g/mol. The van der Waals surface area contributed by atoms with Gasteiger partial charge >= 0.3 is 12.3 Å². The molecule has 1 aliphatic heterocycles. The number of benzene rings is 2. The lowest BCUT2D eigenvalue weighted by molar-refractivity contribution is -0.137. The predicted octanol–water partition coefficient (Wildman–Crippen LogP) is 7.31. The highest BCUT2D eigenvalue weighted by Crippen LogP contribution is 2.44. The summed E-state index contributed by atoms with van der Waals surface area (Å²) in [7, 11) is 0. The molecule has 2 aromatic carbocycles. The summed E-state index contributed by atoms with van der Waals surface area (Å²) in [4.78, 5) is 14.1. The summed E-state index contributed by atoms with van der Waals surface area (Å²) in [6, 6.07) is 14.6. The van der Waals surface area contributed by atoms with Crippen LogP contribution in [-0.2, 0) is 16.3 Å². The summed E-state index contributed by atoms with van der Waals surface area (Å²) in [5.41, 5.74) is -1.23. The summed E-state index contributed by atoms with van der Waals surface area (Å²) in [5.74, 6) is 0.104. The van der Waals surface area contributed by atoms with E-state index < -0.39 is 22.8 Å². The van der Waals surface area contributed by atoms with E-state index in [4.69, 9.17) is 4.74 Å². The van der Waals surface area contributed by atoms with E-state index in [-0.39, 0.29) is 12.0 Å². The summed E-state index contributed by atoms with van der Waals surface area (Å²) in [6.45, 7) is 6.47. The summed E-state index contributed by atoms with van der Waals surface area (Å²) >= 11 is 3.54. The van der Waals surface area contributed by atoms with E-state index in [0.29, 0.717) is 43.5 Å². The van der Waals surface area contributed by atoms with Gasteiger partial charge in [0.2, 0.25) is 0 Å². The molecule has 1 atom stereocenters. The Morgan fingerprint density at radius 3 is 2.12 bits per heavy atom. The van der Waals surface area contributed by atoms with Crippen LogP contribution in [0.1, 0.15) is 56.7 Å². The lowest BCUT2D eigenvalue weighted by Crippen LogP contribution is -2.43. The van der Waals surface area contributed by atoms with Gasteiger partial charge in [-0.2, -0.15) is 18.4 Å². The van der Waals surface area contributed by atoms with Gasteiger partial charge in [0.05, 0.1) is 11.6 Å². The third kappa shape index (κ3) is 5.93. The maximum absolute atomic E-state index is 13.1. The van der Waals surface area contributed by atoms with Crippen molar-refractivity contribution in [1.82, 2.24) is 4.90 Å². The summed E-state index contributed by atoms with van der Waals surface area (Å²) < 4.78 is 45.6. The number of piperidine rings is 1. The number of nitrogens with zero attached hydrogens (tertiary/aromatic N) is 2. The first-order valence-corrected chi connectivity index (χ1v) is 12.0. The molecule has 8 heteroatoms. The molecule has 2 aromatic rings. The fourth-order valence-corrected chi connectivity index (χ4v) is 5.01. The van der Waals surface area contributed by atoms with E-state index in [1.165, 1.54) is 12.1 Å². The molecule has 4 nitrogen and oxygen atoms in total. The molecular weight excluding hydrogens is 509 g/mol. The normalized spacial score (nSPS) is 17.1. The molecule has 34 heavy (non-hydrogen) atoms. The first kappa shape index (κ1) is 26.1. The minimum Gasteiger partial charge on any atom is -0.444 e. The average molecular weight is 537 g/mol. The van der Waals surface area contributed by atoms with Crippen molar-refractivity contribution >= 4 is 22.0 Å².